The number of primary amides is 1. The summed E-state index contributed by atoms with van der Waals surface area (Å²) in [5.74, 6) is 0.238. The van der Waals surface area contributed by atoms with Gasteiger partial charge in [0.2, 0.25) is 5.91 Å². The third-order valence-electron chi connectivity index (χ3n) is 4.67. The third-order valence-corrected chi connectivity index (χ3v) is 5.02. The Morgan fingerprint density at radius 1 is 1.46 bits per heavy atom. The van der Waals surface area contributed by atoms with Gasteiger partial charge in [-0.15, -0.1) is 0 Å². The van der Waals surface area contributed by atoms with Crippen LogP contribution in [0.15, 0.2) is 24.4 Å². The zero-order valence-corrected chi connectivity index (χ0v) is 15.3. The van der Waals surface area contributed by atoms with E-state index in [-0.39, 0.29) is 18.2 Å². The lowest BCUT2D eigenvalue weighted by Crippen LogP contribution is -2.34. The molecule has 1 atom stereocenters. The smallest absolute Gasteiger partial charge is 0.252 e. The largest absolute Gasteiger partial charge is 0.496 e. The van der Waals surface area contributed by atoms with E-state index in [9.17, 15) is 9.59 Å². The lowest BCUT2D eigenvalue weighted by Gasteiger charge is -2.24. The van der Waals surface area contributed by atoms with Crippen molar-refractivity contribution in [2.24, 2.45) is 11.7 Å². The Morgan fingerprint density at radius 3 is 3.00 bits per heavy atom. The van der Waals surface area contributed by atoms with Crippen molar-refractivity contribution in [3.8, 4) is 5.75 Å². The van der Waals surface area contributed by atoms with E-state index in [4.69, 9.17) is 22.1 Å². The zero-order chi connectivity index (χ0) is 18.7. The number of carbonyl (C=O) groups excluding carboxylic acids is 2. The van der Waals surface area contributed by atoms with E-state index in [0.717, 1.165) is 12.1 Å². The van der Waals surface area contributed by atoms with Crippen LogP contribution in [-0.2, 0) is 24.2 Å². The van der Waals surface area contributed by atoms with Crippen molar-refractivity contribution in [1.29, 1.82) is 0 Å². The number of nitrogens with zero attached hydrogens (tertiary/aromatic N) is 2. The topological polar surface area (TPSA) is 99.2 Å². The molecule has 1 aliphatic rings. The van der Waals surface area contributed by atoms with E-state index in [1.165, 1.54) is 6.20 Å². The molecular formula is C18H21ClN4O3. The maximum atomic E-state index is 12.3. The van der Waals surface area contributed by atoms with Crippen LogP contribution in [0.25, 0.3) is 0 Å². The molecule has 0 bridgehead atoms. The van der Waals surface area contributed by atoms with Crippen molar-refractivity contribution < 1.29 is 14.3 Å². The van der Waals surface area contributed by atoms with E-state index >= 15 is 0 Å². The van der Waals surface area contributed by atoms with Crippen LogP contribution in [0.5, 0.6) is 5.75 Å². The van der Waals surface area contributed by atoms with E-state index in [1.807, 2.05) is 4.68 Å². The van der Waals surface area contributed by atoms with Crippen molar-refractivity contribution in [3.63, 3.8) is 0 Å². The molecule has 2 aromatic rings. The Kier molecular flexibility index (Phi) is 5.46. The molecule has 0 saturated heterocycles. The molecular weight excluding hydrogens is 356 g/mol. The molecule has 1 aromatic heterocycles. The van der Waals surface area contributed by atoms with Gasteiger partial charge in [0.15, 0.2) is 0 Å². The lowest BCUT2D eigenvalue weighted by molar-refractivity contribution is -0.120. The van der Waals surface area contributed by atoms with Crippen LogP contribution >= 0.6 is 11.6 Å². The molecule has 3 N–H and O–H groups in total. The summed E-state index contributed by atoms with van der Waals surface area (Å²) in [5.41, 5.74) is 7.37. The van der Waals surface area contributed by atoms with Gasteiger partial charge in [-0.25, -0.2) is 0 Å². The lowest BCUT2D eigenvalue weighted by atomic mass is 9.94. The summed E-state index contributed by atoms with van der Waals surface area (Å²) in [6.07, 6.45) is 3.21. The Balaban J connectivity index is 1.59. The number of benzene rings is 1. The molecule has 0 aliphatic carbocycles. The SMILES string of the molecule is COc1cccc(Cl)c1CC(=O)NC[C@H]1CCn2ncc(C(N)=O)c2C1. The fourth-order valence-electron chi connectivity index (χ4n) is 3.26. The first-order chi connectivity index (χ1) is 12.5. The Bertz CT molecular complexity index is 834. The molecule has 0 spiro atoms. The molecule has 26 heavy (non-hydrogen) atoms. The minimum Gasteiger partial charge on any atom is -0.496 e. The highest BCUT2D eigenvalue weighted by Crippen LogP contribution is 2.27. The highest BCUT2D eigenvalue weighted by Gasteiger charge is 2.24. The van der Waals surface area contributed by atoms with Gasteiger partial charge >= 0.3 is 0 Å². The van der Waals surface area contributed by atoms with Crippen molar-refractivity contribution in [3.05, 3.63) is 46.2 Å². The predicted octanol–water partition coefficient (Wildman–Crippen LogP) is 1.57. The molecule has 0 fully saturated rings. The fourth-order valence-corrected chi connectivity index (χ4v) is 3.49. The monoisotopic (exact) mass is 376 g/mol. The molecule has 1 aromatic carbocycles. The summed E-state index contributed by atoms with van der Waals surface area (Å²) >= 11 is 6.18. The van der Waals surface area contributed by atoms with Crippen LogP contribution in [-0.4, -0.2) is 35.2 Å². The number of methoxy groups -OCH3 is 1. The van der Waals surface area contributed by atoms with Crippen LogP contribution < -0.4 is 15.8 Å². The number of ether oxygens (including phenoxy) is 1. The van der Waals surface area contributed by atoms with Crippen molar-refractivity contribution in [2.45, 2.75) is 25.8 Å². The number of nitrogens with two attached hydrogens (primary N) is 1. The maximum Gasteiger partial charge on any atom is 0.252 e. The summed E-state index contributed by atoms with van der Waals surface area (Å²) < 4.78 is 7.08. The number of rotatable bonds is 6. The minimum absolute atomic E-state index is 0.120. The highest BCUT2D eigenvalue weighted by atomic mass is 35.5. The van der Waals surface area contributed by atoms with Crippen LogP contribution in [0.1, 0.15) is 28.0 Å². The number of nitrogens with one attached hydrogen (secondary N) is 1. The first kappa shape index (κ1) is 18.3. The van der Waals surface area contributed by atoms with Gasteiger partial charge in [-0.2, -0.15) is 5.10 Å². The molecule has 3 rings (SSSR count). The standard InChI is InChI=1S/C18H21ClN4O3/c1-26-16-4-2-3-14(19)12(16)8-17(24)21-9-11-5-6-23-15(7-11)13(10-22-23)18(20)25/h2-4,10-11H,5-9H2,1H3,(H2,20,25)(H,21,24)/t11-/m0/s1. The molecule has 7 nitrogen and oxygen atoms in total. The molecule has 0 radical (unpaired) electrons. The van der Waals surface area contributed by atoms with E-state index in [1.54, 1.807) is 25.3 Å². The fraction of sp³-hybridized carbons (Fsp3) is 0.389. The average Bonchev–Trinajstić information content (AvgIpc) is 3.05. The van der Waals surface area contributed by atoms with E-state index in [0.29, 0.717) is 41.4 Å². The predicted molar refractivity (Wildman–Crippen MR) is 97.3 cm³/mol. The first-order valence-electron chi connectivity index (χ1n) is 8.42. The minimum atomic E-state index is -0.471. The second-order valence-electron chi connectivity index (χ2n) is 6.35. The average molecular weight is 377 g/mol. The Morgan fingerprint density at radius 2 is 2.27 bits per heavy atom. The molecule has 8 heteroatoms. The molecule has 0 unspecified atom stereocenters. The van der Waals surface area contributed by atoms with E-state index in [2.05, 4.69) is 10.4 Å². The van der Waals surface area contributed by atoms with Crippen molar-refractivity contribution in [1.82, 2.24) is 15.1 Å². The van der Waals surface area contributed by atoms with Crippen LogP contribution in [0.3, 0.4) is 0 Å². The van der Waals surface area contributed by atoms with E-state index < -0.39 is 5.91 Å². The number of fused-ring (bicyclic) bond motifs is 1. The molecule has 0 saturated carbocycles. The van der Waals surface area contributed by atoms with Gasteiger partial charge in [0.05, 0.1) is 31.0 Å². The van der Waals surface area contributed by atoms with Gasteiger partial charge in [-0.05, 0) is 30.9 Å². The summed E-state index contributed by atoms with van der Waals surface area (Å²) in [4.78, 5) is 23.8. The van der Waals surface area contributed by atoms with Gasteiger partial charge in [0.1, 0.15) is 5.75 Å². The number of amides is 2. The van der Waals surface area contributed by atoms with Gasteiger partial charge in [0, 0.05) is 23.7 Å². The molecule has 138 valence electrons. The quantitative estimate of drug-likeness (QED) is 0.799. The maximum absolute atomic E-state index is 12.3. The summed E-state index contributed by atoms with van der Waals surface area (Å²) in [6, 6.07) is 5.30. The Hall–Kier alpha value is -2.54. The van der Waals surface area contributed by atoms with Crippen molar-refractivity contribution in [2.75, 3.05) is 13.7 Å². The van der Waals surface area contributed by atoms with Crippen LogP contribution in [0, 0.1) is 5.92 Å². The summed E-state index contributed by atoms with van der Waals surface area (Å²) in [5, 5.41) is 7.65. The normalized spacial score (nSPS) is 16.0. The van der Waals surface area contributed by atoms with Crippen molar-refractivity contribution >= 4 is 23.4 Å². The van der Waals surface area contributed by atoms with Gasteiger partial charge in [-0.3, -0.25) is 14.3 Å². The van der Waals surface area contributed by atoms with Crippen LogP contribution in [0.4, 0.5) is 0 Å². The molecule has 2 heterocycles. The number of halogens is 1. The second-order valence-corrected chi connectivity index (χ2v) is 6.76. The summed E-state index contributed by atoms with van der Waals surface area (Å²) in [7, 11) is 1.55. The summed E-state index contributed by atoms with van der Waals surface area (Å²) in [6.45, 7) is 1.23. The molecule has 2 amide bonds. The van der Waals surface area contributed by atoms with Gasteiger partial charge < -0.3 is 15.8 Å². The van der Waals surface area contributed by atoms with Crippen LogP contribution in [0.2, 0.25) is 5.02 Å². The molecule has 1 aliphatic heterocycles. The number of aromatic nitrogens is 2. The van der Waals surface area contributed by atoms with Gasteiger partial charge in [-0.1, -0.05) is 17.7 Å². The number of carbonyl (C=O) groups is 2. The highest BCUT2D eigenvalue weighted by molar-refractivity contribution is 6.31. The third kappa shape index (κ3) is 3.83. The zero-order valence-electron chi connectivity index (χ0n) is 14.5. The first-order valence-corrected chi connectivity index (χ1v) is 8.80. The Labute approximate surface area is 156 Å². The number of aryl methyl sites for hydroxylation is 1. The van der Waals surface area contributed by atoms with Gasteiger partial charge in [0.25, 0.3) is 5.91 Å². The number of hydrogen-bond acceptors (Lipinski definition) is 4. The second kappa shape index (κ2) is 7.78. The number of hydrogen-bond donors (Lipinski definition) is 2.